The van der Waals surface area contributed by atoms with Gasteiger partial charge in [-0.05, 0) is 30.9 Å². The Kier molecular flexibility index (Phi) is 7.15. The van der Waals surface area contributed by atoms with E-state index in [2.05, 4.69) is 31.8 Å². The van der Waals surface area contributed by atoms with Crippen molar-refractivity contribution in [3.05, 3.63) is 61.0 Å². The summed E-state index contributed by atoms with van der Waals surface area (Å²) in [4.78, 5) is 33.1. The van der Waals surface area contributed by atoms with Crippen LogP contribution in [0.3, 0.4) is 0 Å². The molecule has 0 saturated carbocycles. The first kappa shape index (κ1) is 23.0. The molecule has 0 bridgehead atoms. The maximum Gasteiger partial charge on any atom is 0.333 e. The van der Waals surface area contributed by atoms with Gasteiger partial charge in [0.2, 0.25) is 10.0 Å². The van der Waals surface area contributed by atoms with Gasteiger partial charge in [-0.25, -0.2) is 27.9 Å². The Labute approximate surface area is 187 Å². The number of H-pyrrole nitrogens is 1. The summed E-state index contributed by atoms with van der Waals surface area (Å²) in [5, 5.41) is 5.03. The highest BCUT2D eigenvalue weighted by Gasteiger charge is 2.17. The van der Waals surface area contributed by atoms with Gasteiger partial charge in [0, 0.05) is 17.4 Å². The Hall–Kier alpha value is -2.68. The van der Waals surface area contributed by atoms with E-state index in [0.29, 0.717) is 25.1 Å². The predicted octanol–water partition coefficient (Wildman–Crippen LogP) is 1.14. The predicted molar refractivity (Wildman–Crippen MR) is 122 cm³/mol. The molecule has 9 nitrogen and oxygen atoms in total. The monoisotopic (exact) mass is 507 g/mol. The van der Waals surface area contributed by atoms with Crippen molar-refractivity contribution in [2.75, 3.05) is 5.75 Å². The maximum atomic E-state index is 12.8. The van der Waals surface area contributed by atoms with Crippen molar-refractivity contribution in [1.29, 1.82) is 0 Å². The Bertz CT molecular complexity index is 1360. The SMILES string of the molecule is C#CCn1c(=O)c2[nH]c(CCc3ccccc3Br)nc2n(CCCCS(N)(=O)=O)c1=O. The fraction of sp³-hybridized carbons (Fsp3) is 0.350. The standard InChI is InChI=1S/C20H22BrN5O4S/c1-2-11-26-19(27)17-18(25(20(26)28)12-5-6-13-31(22,29)30)24-16(23-17)10-9-14-7-3-4-8-15(14)21/h1,3-4,7-8H,5-6,9-13H2,(H,23,24)(H2,22,29,30). The molecule has 164 valence electrons. The third kappa shape index (κ3) is 5.52. The number of hydrogen-bond donors (Lipinski definition) is 2. The number of rotatable bonds is 9. The van der Waals surface area contributed by atoms with Crippen LogP contribution in [0.25, 0.3) is 11.2 Å². The zero-order valence-electron chi connectivity index (χ0n) is 16.7. The van der Waals surface area contributed by atoms with Crippen LogP contribution in [0.1, 0.15) is 24.2 Å². The number of terminal acetylenes is 1. The smallest absolute Gasteiger partial charge is 0.333 e. The average molecular weight is 508 g/mol. The lowest BCUT2D eigenvalue weighted by molar-refractivity contribution is 0.564. The molecule has 3 rings (SSSR count). The number of imidazole rings is 1. The third-order valence-electron chi connectivity index (χ3n) is 4.81. The van der Waals surface area contributed by atoms with Crippen molar-refractivity contribution >= 4 is 37.1 Å². The fourth-order valence-electron chi connectivity index (χ4n) is 3.29. The molecule has 2 heterocycles. The van der Waals surface area contributed by atoms with E-state index >= 15 is 0 Å². The van der Waals surface area contributed by atoms with Crippen LogP contribution in [0.15, 0.2) is 38.3 Å². The maximum absolute atomic E-state index is 12.8. The Morgan fingerprint density at radius 1 is 1.16 bits per heavy atom. The summed E-state index contributed by atoms with van der Waals surface area (Å²) in [6, 6.07) is 7.81. The minimum absolute atomic E-state index is 0.171. The summed E-state index contributed by atoms with van der Waals surface area (Å²) in [7, 11) is -3.58. The minimum atomic E-state index is -3.58. The second-order valence-corrected chi connectivity index (χ2v) is 9.67. The van der Waals surface area contributed by atoms with Crippen LogP contribution in [0, 0.1) is 12.3 Å². The van der Waals surface area contributed by atoms with Crippen LogP contribution in [0.4, 0.5) is 0 Å². The van der Waals surface area contributed by atoms with Crippen LogP contribution >= 0.6 is 15.9 Å². The summed E-state index contributed by atoms with van der Waals surface area (Å²) in [6.07, 6.45) is 7.19. The zero-order chi connectivity index (χ0) is 22.6. The average Bonchev–Trinajstić information content (AvgIpc) is 3.13. The normalized spacial score (nSPS) is 11.6. The molecule has 3 aromatic rings. The summed E-state index contributed by atoms with van der Waals surface area (Å²) in [5.74, 6) is 2.70. The number of nitrogens with one attached hydrogen (secondary N) is 1. The van der Waals surface area contributed by atoms with Crippen LogP contribution < -0.4 is 16.4 Å². The molecule has 0 aliphatic carbocycles. The molecule has 0 spiro atoms. The van der Waals surface area contributed by atoms with Crippen LogP contribution in [-0.4, -0.2) is 33.3 Å². The summed E-state index contributed by atoms with van der Waals surface area (Å²) < 4.78 is 25.6. The largest absolute Gasteiger partial charge is 0.336 e. The number of benzene rings is 1. The van der Waals surface area contributed by atoms with Crippen molar-refractivity contribution in [2.24, 2.45) is 5.14 Å². The molecule has 0 amide bonds. The first-order chi connectivity index (χ1) is 14.7. The van der Waals surface area contributed by atoms with Crippen molar-refractivity contribution in [1.82, 2.24) is 19.1 Å². The van der Waals surface area contributed by atoms with Crippen molar-refractivity contribution < 1.29 is 8.42 Å². The second-order valence-electron chi connectivity index (χ2n) is 7.08. The molecular formula is C20H22BrN5O4S. The number of hydrogen-bond acceptors (Lipinski definition) is 5. The molecule has 2 aromatic heterocycles. The number of primary sulfonamides is 1. The van der Waals surface area contributed by atoms with Gasteiger partial charge in [-0.15, -0.1) is 6.42 Å². The molecule has 0 aliphatic heterocycles. The first-order valence-corrected chi connectivity index (χ1v) is 12.1. The molecular weight excluding hydrogens is 486 g/mol. The van der Waals surface area contributed by atoms with Gasteiger partial charge in [0.15, 0.2) is 5.65 Å². The van der Waals surface area contributed by atoms with E-state index in [1.54, 1.807) is 0 Å². The van der Waals surface area contributed by atoms with Gasteiger partial charge < -0.3 is 4.98 Å². The molecule has 11 heteroatoms. The number of nitrogens with two attached hydrogens (primary N) is 1. The first-order valence-electron chi connectivity index (χ1n) is 9.61. The van der Waals surface area contributed by atoms with Crippen LogP contribution in [0.2, 0.25) is 0 Å². The Balaban J connectivity index is 1.94. The lowest BCUT2D eigenvalue weighted by Gasteiger charge is -2.09. The number of aromatic amines is 1. The molecule has 31 heavy (non-hydrogen) atoms. The van der Waals surface area contributed by atoms with Crippen molar-refractivity contribution in [2.45, 2.75) is 38.8 Å². The third-order valence-corrected chi connectivity index (χ3v) is 6.44. The number of halogens is 1. The molecule has 0 atom stereocenters. The molecule has 1 aromatic carbocycles. The number of aromatic nitrogens is 4. The molecule has 3 N–H and O–H groups in total. The minimum Gasteiger partial charge on any atom is -0.336 e. The topological polar surface area (TPSA) is 133 Å². The highest BCUT2D eigenvalue weighted by atomic mass is 79.9. The van der Waals surface area contributed by atoms with Gasteiger partial charge in [-0.1, -0.05) is 40.0 Å². The van der Waals surface area contributed by atoms with Gasteiger partial charge in [-0.3, -0.25) is 9.36 Å². The highest BCUT2D eigenvalue weighted by Crippen LogP contribution is 2.18. The highest BCUT2D eigenvalue weighted by molar-refractivity contribution is 9.10. The lowest BCUT2D eigenvalue weighted by Crippen LogP contribution is -2.40. The van der Waals surface area contributed by atoms with E-state index in [9.17, 15) is 18.0 Å². The van der Waals surface area contributed by atoms with Crippen molar-refractivity contribution in [3.63, 3.8) is 0 Å². The Morgan fingerprint density at radius 3 is 2.58 bits per heavy atom. The van der Waals surface area contributed by atoms with Gasteiger partial charge in [-0.2, -0.15) is 0 Å². The second kappa shape index (κ2) is 9.64. The van der Waals surface area contributed by atoms with Crippen molar-refractivity contribution in [3.8, 4) is 12.3 Å². The lowest BCUT2D eigenvalue weighted by atomic mass is 10.1. The Morgan fingerprint density at radius 2 is 1.90 bits per heavy atom. The van der Waals surface area contributed by atoms with E-state index in [1.165, 1.54) is 4.57 Å². The van der Waals surface area contributed by atoms with Crippen LogP contribution in [0.5, 0.6) is 0 Å². The summed E-state index contributed by atoms with van der Waals surface area (Å²) >= 11 is 3.51. The number of unbranched alkanes of at least 4 members (excludes halogenated alkanes) is 1. The summed E-state index contributed by atoms with van der Waals surface area (Å²) in [6.45, 7) is 0.0142. The van der Waals surface area contributed by atoms with E-state index in [-0.39, 0.29) is 36.4 Å². The number of fused-ring (bicyclic) bond motifs is 1. The number of sulfonamides is 1. The molecule has 0 fully saturated rings. The molecule has 0 unspecified atom stereocenters. The zero-order valence-corrected chi connectivity index (χ0v) is 19.1. The van der Waals surface area contributed by atoms with Gasteiger partial charge in [0.1, 0.15) is 11.3 Å². The van der Waals surface area contributed by atoms with Gasteiger partial charge >= 0.3 is 5.69 Å². The van der Waals surface area contributed by atoms with E-state index < -0.39 is 21.3 Å². The number of nitrogens with zero attached hydrogens (tertiary/aromatic N) is 3. The van der Waals surface area contributed by atoms with E-state index in [4.69, 9.17) is 11.6 Å². The number of aryl methyl sites for hydroxylation is 3. The van der Waals surface area contributed by atoms with Crippen LogP contribution in [-0.2, 0) is 36.0 Å². The van der Waals surface area contributed by atoms with Gasteiger partial charge in [0.25, 0.3) is 5.56 Å². The molecule has 0 aliphatic rings. The van der Waals surface area contributed by atoms with E-state index in [1.807, 2.05) is 24.3 Å². The fourth-order valence-corrected chi connectivity index (χ4v) is 4.38. The molecule has 0 radical (unpaired) electrons. The molecule has 0 saturated heterocycles. The quantitative estimate of drug-likeness (QED) is 0.330. The summed E-state index contributed by atoms with van der Waals surface area (Å²) in [5.41, 5.74) is 0.422. The van der Waals surface area contributed by atoms with Gasteiger partial charge in [0.05, 0.1) is 12.3 Å². The van der Waals surface area contributed by atoms with E-state index in [0.717, 1.165) is 14.6 Å².